The molecule has 2 heteroatoms. The molecule has 13 heavy (non-hydrogen) atoms. The van der Waals surface area contributed by atoms with Crippen LogP contribution in [0.4, 0.5) is 4.39 Å². The maximum absolute atomic E-state index is 12.8. The van der Waals surface area contributed by atoms with Crippen molar-refractivity contribution in [3.05, 3.63) is 30.1 Å². The molecule has 1 nitrogen and oxygen atoms in total. The minimum absolute atomic E-state index is 0.291. The molecule has 74 valence electrons. The third-order valence-corrected chi connectivity index (χ3v) is 1.30. The molecule has 0 saturated carbocycles. The van der Waals surface area contributed by atoms with E-state index in [-0.39, 0.29) is 5.82 Å². The van der Waals surface area contributed by atoms with Crippen molar-refractivity contribution in [1.82, 2.24) is 0 Å². The standard InChI is InChI=1S/C9H11FO.C2H6/c1-2-7-11-9-6-4-3-5-8(9)10;1-2/h3-6H,2,7H2,1H3;1-2H3. The molecule has 0 atom stereocenters. The molecule has 0 aliphatic heterocycles. The van der Waals surface area contributed by atoms with Crippen molar-refractivity contribution < 1.29 is 9.13 Å². The lowest BCUT2D eigenvalue weighted by Crippen LogP contribution is -1.96. The van der Waals surface area contributed by atoms with Crippen LogP contribution in [0.15, 0.2) is 24.3 Å². The summed E-state index contributed by atoms with van der Waals surface area (Å²) in [6.07, 6.45) is 0.897. The summed E-state index contributed by atoms with van der Waals surface area (Å²) in [5.41, 5.74) is 0. The van der Waals surface area contributed by atoms with Gasteiger partial charge in [-0.15, -0.1) is 0 Å². The summed E-state index contributed by atoms with van der Waals surface area (Å²) in [5.74, 6) is 0.0512. The number of para-hydroxylation sites is 1. The van der Waals surface area contributed by atoms with Gasteiger partial charge in [-0.05, 0) is 18.6 Å². The maximum Gasteiger partial charge on any atom is 0.165 e. The van der Waals surface area contributed by atoms with Crippen LogP contribution in [0, 0.1) is 5.82 Å². The third kappa shape index (κ3) is 4.51. The van der Waals surface area contributed by atoms with Crippen molar-refractivity contribution in [2.75, 3.05) is 6.61 Å². The van der Waals surface area contributed by atoms with Gasteiger partial charge < -0.3 is 4.74 Å². The molecule has 0 N–H and O–H groups in total. The summed E-state index contributed by atoms with van der Waals surface area (Å²) in [5, 5.41) is 0. The lowest BCUT2D eigenvalue weighted by molar-refractivity contribution is 0.301. The van der Waals surface area contributed by atoms with Crippen LogP contribution in [0.3, 0.4) is 0 Å². The molecule has 0 amide bonds. The Kier molecular flexibility index (Phi) is 6.98. The van der Waals surface area contributed by atoms with Crippen molar-refractivity contribution in [3.8, 4) is 5.75 Å². The Morgan fingerprint density at radius 1 is 1.23 bits per heavy atom. The van der Waals surface area contributed by atoms with Crippen molar-refractivity contribution in [3.63, 3.8) is 0 Å². The summed E-state index contributed by atoms with van der Waals surface area (Å²) in [6.45, 7) is 6.56. The van der Waals surface area contributed by atoms with E-state index in [0.29, 0.717) is 12.4 Å². The van der Waals surface area contributed by atoms with Crippen LogP contribution in [0.25, 0.3) is 0 Å². The SMILES string of the molecule is CC.CCCOc1ccccc1F. The van der Waals surface area contributed by atoms with Crippen LogP contribution in [-0.2, 0) is 0 Å². The average Bonchev–Trinajstić information content (AvgIpc) is 2.20. The minimum Gasteiger partial charge on any atom is -0.491 e. The van der Waals surface area contributed by atoms with Crippen LogP contribution < -0.4 is 4.74 Å². The Balaban J connectivity index is 0.000000671. The summed E-state index contributed by atoms with van der Waals surface area (Å²) >= 11 is 0. The fourth-order valence-electron chi connectivity index (χ4n) is 0.774. The monoisotopic (exact) mass is 184 g/mol. The molecule has 0 aliphatic rings. The number of halogens is 1. The summed E-state index contributed by atoms with van der Waals surface area (Å²) in [7, 11) is 0. The Labute approximate surface area is 79.5 Å². The van der Waals surface area contributed by atoms with Crippen molar-refractivity contribution in [2.45, 2.75) is 27.2 Å². The lowest BCUT2D eigenvalue weighted by atomic mass is 10.3. The quantitative estimate of drug-likeness (QED) is 0.696. The van der Waals surface area contributed by atoms with Crippen molar-refractivity contribution >= 4 is 0 Å². The maximum atomic E-state index is 12.8. The van der Waals surface area contributed by atoms with Gasteiger partial charge >= 0.3 is 0 Å². The van der Waals surface area contributed by atoms with E-state index in [9.17, 15) is 4.39 Å². The second kappa shape index (κ2) is 7.59. The molecule has 0 unspecified atom stereocenters. The highest BCUT2D eigenvalue weighted by atomic mass is 19.1. The van der Waals surface area contributed by atoms with Gasteiger partial charge in [-0.2, -0.15) is 0 Å². The first-order chi connectivity index (χ1) is 6.34. The highest BCUT2D eigenvalue weighted by Gasteiger charge is 1.98. The van der Waals surface area contributed by atoms with Crippen LogP contribution in [0.1, 0.15) is 27.2 Å². The molecule has 0 aliphatic carbocycles. The van der Waals surface area contributed by atoms with Crippen LogP contribution in [-0.4, -0.2) is 6.61 Å². The molecule has 1 rings (SSSR count). The zero-order chi connectivity index (χ0) is 10.1. The first kappa shape index (κ1) is 11.9. The van der Waals surface area contributed by atoms with E-state index in [0.717, 1.165) is 6.42 Å². The number of benzene rings is 1. The highest BCUT2D eigenvalue weighted by molar-refractivity contribution is 5.23. The van der Waals surface area contributed by atoms with Gasteiger partial charge in [0.05, 0.1) is 6.61 Å². The topological polar surface area (TPSA) is 9.23 Å². The molecule has 0 fully saturated rings. The van der Waals surface area contributed by atoms with Crippen molar-refractivity contribution in [2.24, 2.45) is 0 Å². The first-order valence-electron chi connectivity index (χ1n) is 4.72. The van der Waals surface area contributed by atoms with E-state index in [1.165, 1.54) is 6.07 Å². The van der Waals surface area contributed by atoms with Gasteiger partial charge in [-0.3, -0.25) is 0 Å². The van der Waals surface area contributed by atoms with Gasteiger partial charge in [0.25, 0.3) is 0 Å². The van der Waals surface area contributed by atoms with E-state index >= 15 is 0 Å². The largest absolute Gasteiger partial charge is 0.491 e. The molecular weight excluding hydrogens is 167 g/mol. The van der Waals surface area contributed by atoms with E-state index in [4.69, 9.17) is 4.74 Å². The van der Waals surface area contributed by atoms with Crippen LogP contribution >= 0.6 is 0 Å². The van der Waals surface area contributed by atoms with Crippen LogP contribution in [0.5, 0.6) is 5.75 Å². The highest BCUT2D eigenvalue weighted by Crippen LogP contribution is 2.14. The van der Waals surface area contributed by atoms with Crippen LogP contribution in [0.2, 0.25) is 0 Å². The molecule has 0 saturated heterocycles. The fraction of sp³-hybridized carbons (Fsp3) is 0.455. The molecule has 0 radical (unpaired) electrons. The Morgan fingerprint density at radius 3 is 2.38 bits per heavy atom. The second-order valence-electron chi connectivity index (χ2n) is 2.28. The predicted octanol–water partition coefficient (Wildman–Crippen LogP) is 3.64. The molecule has 0 heterocycles. The van der Waals surface area contributed by atoms with Gasteiger partial charge in [0.2, 0.25) is 0 Å². The molecular formula is C11H17FO. The minimum atomic E-state index is -0.291. The van der Waals surface area contributed by atoms with Crippen molar-refractivity contribution in [1.29, 1.82) is 0 Å². The number of hydrogen-bond acceptors (Lipinski definition) is 1. The van der Waals surface area contributed by atoms with Gasteiger partial charge in [0, 0.05) is 0 Å². The zero-order valence-electron chi connectivity index (χ0n) is 8.51. The van der Waals surface area contributed by atoms with Gasteiger partial charge in [-0.25, -0.2) is 4.39 Å². The number of ether oxygens (including phenoxy) is 1. The zero-order valence-corrected chi connectivity index (χ0v) is 8.51. The Hall–Kier alpha value is -1.05. The molecule has 0 bridgehead atoms. The predicted molar refractivity (Wildman–Crippen MR) is 53.5 cm³/mol. The smallest absolute Gasteiger partial charge is 0.165 e. The fourth-order valence-corrected chi connectivity index (χ4v) is 0.774. The molecule has 0 aromatic heterocycles. The third-order valence-electron chi connectivity index (χ3n) is 1.30. The first-order valence-corrected chi connectivity index (χ1v) is 4.72. The van der Waals surface area contributed by atoms with Gasteiger partial charge in [-0.1, -0.05) is 32.9 Å². The Bertz CT molecular complexity index is 223. The number of rotatable bonds is 3. The van der Waals surface area contributed by atoms with Gasteiger partial charge in [0.1, 0.15) is 0 Å². The molecule has 1 aromatic carbocycles. The Morgan fingerprint density at radius 2 is 1.85 bits per heavy atom. The normalized spacial score (nSPS) is 8.62. The van der Waals surface area contributed by atoms with E-state index in [2.05, 4.69) is 0 Å². The summed E-state index contributed by atoms with van der Waals surface area (Å²) in [6, 6.07) is 6.43. The van der Waals surface area contributed by atoms with Gasteiger partial charge in [0.15, 0.2) is 11.6 Å². The van der Waals surface area contributed by atoms with E-state index in [1.807, 2.05) is 20.8 Å². The average molecular weight is 184 g/mol. The summed E-state index contributed by atoms with van der Waals surface area (Å²) in [4.78, 5) is 0. The number of hydrogen-bond donors (Lipinski definition) is 0. The lowest BCUT2D eigenvalue weighted by Gasteiger charge is -2.03. The second-order valence-corrected chi connectivity index (χ2v) is 2.28. The summed E-state index contributed by atoms with van der Waals surface area (Å²) < 4.78 is 17.9. The van der Waals surface area contributed by atoms with E-state index < -0.39 is 0 Å². The molecule has 0 spiro atoms. The molecule has 1 aromatic rings. The van der Waals surface area contributed by atoms with E-state index in [1.54, 1.807) is 18.2 Å².